The number of nitrogens with one attached hydrogen (secondary N) is 2. The van der Waals surface area contributed by atoms with Gasteiger partial charge >= 0.3 is 0 Å². The van der Waals surface area contributed by atoms with Crippen LogP contribution in [0.3, 0.4) is 0 Å². The molecule has 0 aliphatic heterocycles. The van der Waals surface area contributed by atoms with Crippen LogP contribution >= 0.6 is 24.0 Å². The molecular weight excluding hydrogens is 379 g/mol. The maximum Gasteiger partial charge on any atom is 0.191 e. The largest absolute Gasteiger partial charge is 0.385 e. The van der Waals surface area contributed by atoms with Gasteiger partial charge in [0.15, 0.2) is 5.96 Å². The van der Waals surface area contributed by atoms with Crippen molar-refractivity contribution < 1.29 is 4.74 Å². The van der Waals surface area contributed by atoms with Crippen LogP contribution in [0.4, 0.5) is 0 Å². The van der Waals surface area contributed by atoms with Crippen LogP contribution in [0.5, 0.6) is 0 Å². The molecule has 0 aromatic rings. The standard InChI is InChI=1S/C15H34N4O.HI/c1-6-16-15(18-11-9-13-20-5)17-10-7-8-12-19(4)14(2)3;/h14H,6-13H2,1-5H3,(H2,16,17,18);1H. The summed E-state index contributed by atoms with van der Waals surface area (Å²) in [7, 11) is 3.90. The van der Waals surface area contributed by atoms with Crippen LogP contribution in [-0.2, 0) is 4.74 Å². The molecule has 0 saturated carbocycles. The van der Waals surface area contributed by atoms with Crippen molar-refractivity contribution in [1.29, 1.82) is 0 Å². The van der Waals surface area contributed by atoms with E-state index in [0.29, 0.717) is 6.04 Å². The average Bonchev–Trinajstić information content (AvgIpc) is 2.42. The maximum atomic E-state index is 5.02. The van der Waals surface area contributed by atoms with Crippen LogP contribution in [0, 0.1) is 0 Å². The van der Waals surface area contributed by atoms with E-state index in [0.717, 1.165) is 45.2 Å². The molecule has 0 aliphatic carbocycles. The van der Waals surface area contributed by atoms with Crippen molar-refractivity contribution in [1.82, 2.24) is 15.5 Å². The molecule has 0 atom stereocenters. The third-order valence-corrected chi connectivity index (χ3v) is 3.23. The second kappa shape index (κ2) is 16.3. The minimum Gasteiger partial charge on any atom is -0.385 e. The van der Waals surface area contributed by atoms with E-state index in [1.807, 2.05) is 0 Å². The van der Waals surface area contributed by atoms with Gasteiger partial charge in [0.2, 0.25) is 0 Å². The molecule has 0 bridgehead atoms. The summed E-state index contributed by atoms with van der Waals surface area (Å²) in [6, 6.07) is 0.627. The van der Waals surface area contributed by atoms with Crippen LogP contribution in [0.2, 0.25) is 0 Å². The van der Waals surface area contributed by atoms with Gasteiger partial charge in [-0.1, -0.05) is 0 Å². The lowest BCUT2D eigenvalue weighted by atomic mass is 10.2. The molecule has 0 aliphatic rings. The lowest BCUT2D eigenvalue weighted by Gasteiger charge is -2.20. The number of methoxy groups -OCH3 is 1. The van der Waals surface area contributed by atoms with Crippen molar-refractivity contribution in [3.05, 3.63) is 0 Å². The van der Waals surface area contributed by atoms with Gasteiger partial charge in [0.1, 0.15) is 0 Å². The Morgan fingerprint density at radius 1 is 1.19 bits per heavy atom. The average molecular weight is 414 g/mol. The van der Waals surface area contributed by atoms with Gasteiger partial charge in [0.05, 0.1) is 0 Å². The fourth-order valence-corrected chi connectivity index (χ4v) is 1.69. The van der Waals surface area contributed by atoms with Crippen molar-refractivity contribution in [2.75, 3.05) is 46.9 Å². The van der Waals surface area contributed by atoms with Crippen LogP contribution < -0.4 is 10.6 Å². The van der Waals surface area contributed by atoms with E-state index < -0.39 is 0 Å². The normalized spacial score (nSPS) is 11.7. The van der Waals surface area contributed by atoms with Crippen molar-refractivity contribution in [2.24, 2.45) is 4.99 Å². The van der Waals surface area contributed by atoms with Crippen molar-refractivity contribution in [3.63, 3.8) is 0 Å². The van der Waals surface area contributed by atoms with Gasteiger partial charge in [0, 0.05) is 39.4 Å². The third-order valence-electron chi connectivity index (χ3n) is 3.23. The highest BCUT2D eigenvalue weighted by Crippen LogP contribution is 1.97. The number of nitrogens with zero attached hydrogens (tertiary/aromatic N) is 2. The number of hydrogen-bond donors (Lipinski definition) is 2. The highest BCUT2D eigenvalue weighted by atomic mass is 127. The molecule has 0 heterocycles. The zero-order valence-electron chi connectivity index (χ0n) is 14.4. The molecule has 128 valence electrons. The first-order valence-electron chi connectivity index (χ1n) is 7.83. The third kappa shape index (κ3) is 14.6. The smallest absolute Gasteiger partial charge is 0.191 e. The Morgan fingerprint density at radius 3 is 2.48 bits per heavy atom. The summed E-state index contributed by atoms with van der Waals surface area (Å²) in [6.45, 7) is 11.1. The van der Waals surface area contributed by atoms with Gasteiger partial charge < -0.3 is 20.3 Å². The molecule has 0 radical (unpaired) electrons. The summed E-state index contributed by atoms with van der Waals surface area (Å²) in [5.41, 5.74) is 0. The molecular formula is C15H35IN4O. The monoisotopic (exact) mass is 414 g/mol. The van der Waals surface area contributed by atoms with Crippen molar-refractivity contribution in [3.8, 4) is 0 Å². The van der Waals surface area contributed by atoms with Gasteiger partial charge in [-0.15, -0.1) is 24.0 Å². The van der Waals surface area contributed by atoms with E-state index in [1.165, 1.54) is 12.8 Å². The molecule has 21 heavy (non-hydrogen) atoms. The topological polar surface area (TPSA) is 48.9 Å². The quantitative estimate of drug-likeness (QED) is 0.236. The van der Waals surface area contributed by atoms with E-state index >= 15 is 0 Å². The summed E-state index contributed by atoms with van der Waals surface area (Å²) in [5.74, 6) is 0.917. The van der Waals surface area contributed by atoms with Gasteiger partial charge in [-0.3, -0.25) is 4.99 Å². The Bertz CT molecular complexity index is 250. The van der Waals surface area contributed by atoms with E-state index in [1.54, 1.807) is 7.11 Å². The van der Waals surface area contributed by atoms with Gasteiger partial charge in [-0.25, -0.2) is 0 Å². The fraction of sp³-hybridized carbons (Fsp3) is 0.933. The summed E-state index contributed by atoms with van der Waals surface area (Å²) < 4.78 is 5.02. The van der Waals surface area contributed by atoms with Gasteiger partial charge in [-0.2, -0.15) is 0 Å². The summed E-state index contributed by atoms with van der Waals surface area (Å²) >= 11 is 0. The first-order chi connectivity index (χ1) is 9.61. The van der Waals surface area contributed by atoms with Crippen LogP contribution in [0.1, 0.15) is 40.0 Å². The Labute approximate surface area is 148 Å². The number of halogens is 1. The SMILES string of the molecule is CCNC(=NCCCOC)NCCCCN(C)C(C)C.I. The predicted octanol–water partition coefficient (Wildman–Crippen LogP) is 2.32. The molecule has 0 aromatic carbocycles. The highest BCUT2D eigenvalue weighted by Gasteiger charge is 2.02. The zero-order chi connectivity index (χ0) is 15.2. The van der Waals surface area contributed by atoms with Gasteiger partial charge in [0.25, 0.3) is 0 Å². The first-order valence-corrected chi connectivity index (χ1v) is 7.83. The second-order valence-corrected chi connectivity index (χ2v) is 5.32. The number of ether oxygens (including phenoxy) is 1. The molecule has 0 amide bonds. The van der Waals surface area contributed by atoms with Crippen molar-refractivity contribution >= 4 is 29.9 Å². The van der Waals surface area contributed by atoms with E-state index in [9.17, 15) is 0 Å². The van der Waals surface area contributed by atoms with Crippen LogP contribution in [-0.4, -0.2) is 63.8 Å². The summed E-state index contributed by atoms with van der Waals surface area (Å²) in [4.78, 5) is 6.89. The Morgan fingerprint density at radius 2 is 1.90 bits per heavy atom. The van der Waals surface area contributed by atoms with Crippen LogP contribution in [0.15, 0.2) is 4.99 Å². The number of hydrogen-bond acceptors (Lipinski definition) is 3. The molecule has 0 rings (SSSR count). The molecule has 6 heteroatoms. The number of aliphatic imine (C=N–C) groups is 1. The number of guanidine groups is 1. The molecule has 0 aromatic heterocycles. The highest BCUT2D eigenvalue weighted by molar-refractivity contribution is 14.0. The summed E-state index contributed by atoms with van der Waals surface area (Å²) in [5, 5.41) is 6.65. The minimum absolute atomic E-state index is 0. The molecule has 2 N–H and O–H groups in total. The lowest BCUT2D eigenvalue weighted by Crippen LogP contribution is -2.38. The van der Waals surface area contributed by atoms with E-state index in [4.69, 9.17) is 4.74 Å². The van der Waals surface area contributed by atoms with E-state index in [-0.39, 0.29) is 24.0 Å². The summed E-state index contributed by atoms with van der Waals surface area (Å²) in [6.07, 6.45) is 3.34. The Balaban J connectivity index is 0. The predicted molar refractivity (Wildman–Crippen MR) is 103 cm³/mol. The Kier molecular flexibility index (Phi) is 18.0. The molecule has 5 nitrogen and oxygen atoms in total. The number of unbranched alkanes of at least 4 members (excludes halogenated alkanes) is 1. The Hall–Kier alpha value is -0.0800. The maximum absolute atomic E-state index is 5.02. The molecule has 0 spiro atoms. The molecule has 0 saturated heterocycles. The first kappa shape index (κ1) is 23.2. The zero-order valence-corrected chi connectivity index (χ0v) is 16.8. The fourth-order valence-electron chi connectivity index (χ4n) is 1.69. The minimum atomic E-state index is 0. The van der Waals surface area contributed by atoms with Crippen LogP contribution in [0.25, 0.3) is 0 Å². The second-order valence-electron chi connectivity index (χ2n) is 5.32. The van der Waals surface area contributed by atoms with E-state index in [2.05, 4.69) is 48.3 Å². The number of rotatable bonds is 11. The molecule has 0 fully saturated rings. The lowest BCUT2D eigenvalue weighted by molar-refractivity contribution is 0.197. The molecule has 0 unspecified atom stereocenters. The van der Waals surface area contributed by atoms with Crippen molar-refractivity contribution in [2.45, 2.75) is 46.1 Å². The van der Waals surface area contributed by atoms with Gasteiger partial charge in [-0.05, 0) is 53.6 Å².